The van der Waals surface area contributed by atoms with E-state index < -0.39 is 0 Å². The summed E-state index contributed by atoms with van der Waals surface area (Å²) < 4.78 is 2.06. The molecule has 108 valence electrons. The van der Waals surface area contributed by atoms with Crippen molar-refractivity contribution >= 4 is 5.65 Å². The Morgan fingerprint density at radius 1 is 1.14 bits per heavy atom. The van der Waals surface area contributed by atoms with Gasteiger partial charge in [-0.2, -0.15) is 0 Å². The van der Waals surface area contributed by atoms with Crippen LogP contribution in [0.4, 0.5) is 0 Å². The molecule has 0 saturated carbocycles. The van der Waals surface area contributed by atoms with Crippen LogP contribution in [0.15, 0.2) is 54.9 Å². The summed E-state index contributed by atoms with van der Waals surface area (Å²) in [5, 5.41) is 3.61. The molecule has 0 aliphatic heterocycles. The molecule has 1 N–H and O–H groups in total. The fraction of sp³-hybridized carbons (Fsp3) is 0.278. The molecule has 3 rings (SSSR count). The smallest absolute Gasteiger partial charge is 0.137 e. The lowest BCUT2D eigenvalue weighted by Gasteiger charge is -2.17. The SMILES string of the molecule is CCC(NCc1cn2ccccc2n1)c1ccc(C)cc1. The van der Waals surface area contributed by atoms with E-state index in [9.17, 15) is 0 Å². The van der Waals surface area contributed by atoms with E-state index in [4.69, 9.17) is 0 Å². The second-order valence-corrected chi connectivity index (χ2v) is 5.45. The molecule has 0 spiro atoms. The third kappa shape index (κ3) is 3.14. The van der Waals surface area contributed by atoms with Crippen molar-refractivity contribution in [1.82, 2.24) is 14.7 Å². The van der Waals surface area contributed by atoms with Gasteiger partial charge in [-0.1, -0.05) is 42.8 Å². The van der Waals surface area contributed by atoms with Gasteiger partial charge in [-0.05, 0) is 31.0 Å². The normalized spacial score (nSPS) is 12.7. The monoisotopic (exact) mass is 279 g/mol. The molecule has 0 saturated heterocycles. The third-order valence-electron chi connectivity index (χ3n) is 3.83. The second kappa shape index (κ2) is 6.10. The Kier molecular flexibility index (Phi) is 4.02. The summed E-state index contributed by atoms with van der Waals surface area (Å²) in [5.74, 6) is 0. The van der Waals surface area contributed by atoms with Gasteiger partial charge in [-0.15, -0.1) is 0 Å². The van der Waals surface area contributed by atoms with E-state index >= 15 is 0 Å². The molecular weight excluding hydrogens is 258 g/mol. The minimum atomic E-state index is 0.371. The van der Waals surface area contributed by atoms with Gasteiger partial charge in [0.25, 0.3) is 0 Å². The number of nitrogens with zero attached hydrogens (tertiary/aromatic N) is 2. The molecule has 1 atom stereocenters. The molecular formula is C18H21N3. The Morgan fingerprint density at radius 2 is 1.95 bits per heavy atom. The summed E-state index contributed by atoms with van der Waals surface area (Å²) in [5.41, 5.74) is 4.71. The van der Waals surface area contributed by atoms with Crippen molar-refractivity contribution in [2.24, 2.45) is 0 Å². The topological polar surface area (TPSA) is 29.3 Å². The van der Waals surface area contributed by atoms with Crippen molar-refractivity contribution in [2.45, 2.75) is 32.9 Å². The van der Waals surface area contributed by atoms with Crippen LogP contribution in [-0.2, 0) is 6.54 Å². The highest BCUT2D eigenvalue weighted by atomic mass is 15.0. The predicted octanol–water partition coefficient (Wildman–Crippen LogP) is 3.88. The lowest BCUT2D eigenvalue weighted by Crippen LogP contribution is -2.20. The first-order valence-electron chi connectivity index (χ1n) is 7.49. The Morgan fingerprint density at radius 3 is 2.67 bits per heavy atom. The zero-order chi connectivity index (χ0) is 14.7. The minimum absolute atomic E-state index is 0.371. The molecule has 2 aromatic heterocycles. The predicted molar refractivity (Wildman–Crippen MR) is 86.2 cm³/mol. The number of pyridine rings is 1. The van der Waals surface area contributed by atoms with Gasteiger partial charge < -0.3 is 9.72 Å². The van der Waals surface area contributed by atoms with Crippen molar-refractivity contribution in [3.63, 3.8) is 0 Å². The number of hydrogen-bond donors (Lipinski definition) is 1. The Balaban J connectivity index is 1.71. The molecule has 2 heterocycles. The number of nitrogens with one attached hydrogen (secondary N) is 1. The molecule has 0 fully saturated rings. The van der Waals surface area contributed by atoms with Crippen LogP contribution >= 0.6 is 0 Å². The fourth-order valence-corrected chi connectivity index (χ4v) is 2.60. The summed E-state index contributed by atoms with van der Waals surface area (Å²) in [6, 6.07) is 15.2. The van der Waals surface area contributed by atoms with Crippen LogP contribution < -0.4 is 5.32 Å². The van der Waals surface area contributed by atoms with Gasteiger partial charge in [0.2, 0.25) is 0 Å². The van der Waals surface area contributed by atoms with E-state index in [2.05, 4.69) is 59.0 Å². The lowest BCUT2D eigenvalue weighted by atomic mass is 10.0. The first-order chi connectivity index (χ1) is 10.3. The first kappa shape index (κ1) is 13.8. The van der Waals surface area contributed by atoms with Crippen LogP contribution in [-0.4, -0.2) is 9.38 Å². The van der Waals surface area contributed by atoms with Crippen LogP contribution in [0.25, 0.3) is 5.65 Å². The van der Waals surface area contributed by atoms with Gasteiger partial charge in [-0.3, -0.25) is 0 Å². The molecule has 0 bridgehead atoms. The molecule has 1 unspecified atom stereocenters. The standard InChI is InChI=1S/C18H21N3/c1-3-17(15-9-7-14(2)8-10-15)19-12-16-13-21-11-5-4-6-18(21)20-16/h4-11,13,17,19H,3,12H2,1-2H3. The fourth-order valence-electron chi connectivity index (χ4n) is 2.60. The maximum atomic E-state index is 4.63. The van der Waals surface area contributed by atoms with Crippen LogP contribution in [0, 0.1) is 6.92 Å². The number of rotatable bonds is 5. The van der Waals surface area contributed by atoms with Crippen LogP contribution in [0.2, 0.25) is 0 Å². The van der Waals surface area contributed by atoms with Gasteiger partial charge in [0.05, 0.1) is 5.69 Å². The largest absolute Gasteiger partial charge is 0.307 e. The van der Waals surface area contributed by atoms with E-state index in [-0.39, 0.29) is 0 Å². The maximum Gasteiger partial charge on any atom is 0.137 e. The summed E-state index contributed by atoms with van der Waals surface area (Å²) in [4.78, 5) is 4.63. The molecule has 0 radical (unpaired) electrons. The van der Waals surface area contributed by atoms with Crippen molar-refractivity contribution in [3.05, 3.63) is 71.7 Å². The van der Waals surface area contributed by atoms with Crippen molar-refractivity contribution in [3.8, 4) is 0 Å². The van der Waals surface area contributed by atoms with Crippen LogP contribution in [0.5, 0.6) is 0 Å². The molecule has 3 heteroatoms. The highest BCUT2D eigenvalue weighted by Crippen LogP contribution is 2.18. The molecule has 0 amide bonds. The maximum absolute atomic E-state index is 4.63. The van der Waals surface area contributed by atoms with Crippen molar-refractivity contribution in [2.75, 3.05) is 0 Å². The first-order valence-corrected chi connectivity index (χ1v) is 7.49. The molecule has 3 nitrogen and oxygen atoms in total. The third-order valence-corrected chi connectivity index (χ3v) is 3.83. The zero-order valence-electron chi connectivity index (χ0n) is 12.6. The van der Waals surface area contributed by atoms with Gasteiger partial charge >= 0.3 is 0 Å². The van der Waals surface area contributed by atoms with Gasteiger partial charge in [0, 0.05) is 25.0 Å². The highest BCUT2D eigenvalue weighted by Gasteiger charge is 2.09. The zero-order valence-corrected chi connectivity index (χ0v) is 12.6. The Bertz CT molecular complexity index is 680. The molecule has 0 aliphatic carbocycles. The van der Waals surface area contributed by atoms with Gasteiger partial charge in [0.15, 0.2) is 0 Å². The van der Waals surface area contributed by atoms with E-state index in [0.29, 0.717) is 6.04 Å². The number of aromatic nitrogens is 2. The number of aryl methyl sites for hydroxylation is 1. The molecule has 1 aromatic carbocycles. The number of fused-ring (bicyclic) bond motifs is 1. The molecule has 3 aromatic rings. The van der Waals surface area contributed by atoms with Gasteiger partial charge in [0.1, 0.15) is 5.65 Å². The highest BCUT2D eigenvalue weighted by molar-refractivity contribution is 5.39. The Labute approximate surface area is 125 Å². The number of hydrogen-bond acceptors (Lipinski definition) is 2. The van der Waals surface area contributed by atoms with E-state index in [0.717, 1.165) is 24.3 Å². The summed E-state index contributed by atoms with van der Waals surface area (Å²) in [7, 11) is 0. The van der Waals surface area contributed by atoms with E-state index in [1.54, 1.807) is 0 Å². The lowest BCUT2D eigenvalue weighted by molar-refractivity contribution is 0.515. The van der Waals surface area contributed by atoms with Crippen LogP contribution in [0.1, 0.15) is 36.2 Å². The summed E-state index contributed by atoms with van der Waals surface area (Å²) >= 11 is 0. The summed E-state index contributed by atoms with van der Waals surface area (Å²) in [6.07, 6.45) is 5.18. The average Bonchev–Trinajstić information content (AvgIpc) is 2.92. The number of benzene rings is 1. The van der Waals surface area contributed by atoms with E-state index in [1.165, 1.54) is 11.1 Å². The molecule has 21 heavy (non-hydrogen) atoms. The quantitative estimate of drug-likeness (QED) is 0.768. The van der Waals surface area contributed by atoms with E-state index in [1.807, 2.05) is 24.4 Å². The van der Waals surface area contributed by atoms with Crippen LogP contribution in [0.3, 0.4) is 0 Å². The average molecular weight is 279 g/mol. The molecule has 0 aliphatic rings. The second-order valence-electron chi connectivity index (χ2n) is 5.45. The number of imidazole rings is 1. The Hall–Kier alpha value is -2.13. The summed E-state index contributed by atoms with van der Waals surface area (Å²) in [6.45, 7) is 5.12. The van der Waals surface area contributed by atoms with Gasteiger partial charge in [-0.25, -0.2) is 4.98 Å². The minimum Gasteiger partial charge on any atom is -0.307 e. The van der Waals surface area contributed by atoms with Crippen molar-refractivity contribution in [1.29, 1.82) is 0 Å². The van der Waals surface area contributed by atoms with Crippen molar-refractivity contribution < 1.29 is 0 Å².